The molecule has 2 N–H and O–H groups in total. The van der Waals surface area contributed by atoms with Crippen LogP contribution in [0.3, 0.4) is 0 Å². The molecule has 0 aromatic heterocycles. The summed E-state index contributed by atoms with van der Waals surface area (Å²) < 4.78 is 5.32. The number of halogens is 1. The zero-order valence-corrected chi connectivity index (χ0v) is 17.4. The van der Waals surface area contributed by atoms with Crippen molar-refractivity contribution in [3.8, 4) is 0 Å². The van der Waals surface area contributed by atoms with E-state index in [1.807, 2.05) is 6.92 Å². The lowest BCUT2D eigenvalue weighted by molar-refractivity contribution is 0.152. The van der Waals surface area contributed by atoms with E-state index >= 15 is 0 Å². The Balaban J connectivity index is 0.00000484. The van der Waals surface area contributed by atoms with Crippen molar-refractivity contribution in [3.05, 3.63) is 35.4 Å². The average molecular weight is 433 g/mol. The molecule has 0 spiro atoms. The van der Waals surface area contributed by atoms with Crippen LogP contribution >= 0.6 is 24.0 Å². The lowest BCUT2D eigenvalue weighted by Crippen LogP contribution is -2.44. The van der Waals surface area contributed by atoms with Crippen molar-refractivity contribution in [2.45, 2.75) is 39.5 Å². The number of nitrogens with zero attached hydrogens (tertiary/aromatic N) is 1. The topological polar surface area (TPSA) is 45.6 Å². The van der Waals surface area contributed by atoms with Crippen LogP contribution in [-0.2, 0) is 16.6 Å². The highest BCUT2D eigenvalue weighted by Gasteiger charge is 2.20. The van der Waals surface area contributed by atoms with Gasteiger partial charge < -0.3 is 15.4 Å². The number of hydrogen-bond donors (Lipinski definition) is 2. The lowest BCUT2D eigenvalue weighted by Gasteiger charge is -2.27. The van der Waals surface area contributed by atoms with Gasteiger partial charge in [-0.1, -0.05) is 45.0 Å². The van der Waals surface area contributed by atoms with E-state index < -0.39 is 0 Å². The minimum atomic E-state index is 0. The molecule has 1 aromatic carbocycles. The number of guanidine groups is 1. The van der Waals surface area contributed by atoms with Crippen LogP contribution in [0.1, 0.15) is 38.8 Å². The molecule has 1 aromatic rings. The Kier molecular flexibility index (Phi) is 11.3. The van der Waals surface area contributed by atoms with Gasteiger partial charge in [0.05, 0.1) is 6.61 Å². The van der Waals surface area contributed by atoms with Crippen LogP contribution < -0.4 is 10.6 Å². The van der Waals surface area contributed by atoms with Gasteiger partial charge in [0.25, 0.3) is 0 Å². The Labute approximate surface area is 158 Å². The zero-order chi connectivity index (χ0) is 16.4. The third kappa shape index (κ3) is 8.01. The van der Waals surface area contributed by atoms with Crippen molar-refractivity contribution in [2.24, 2.45) is 4.99 Å². The van der Waals surface area contributed by atoms with Gasteiger partial charge in [0.1, 0.15) is 0 Å². The molecule has 0 unspecified atom stereocenters. The monoisotopic (exact) mass is 433 g/mol. The SMILES string of the molecule is CCOCCNC(=NC)NCC(C)(C)c1ccc(CC)cc1.I. The number of rotatable bonds is 8. The van der Waals surface area contributed by atoms with E-state index in [0.29, 0.717) is 6.61 Å². The third-order valence-electron chi connectivity index (χ3n) is 3.81. The van der Waals surface area contributed by atoms with E-state index in [1.54, 1.807) is 7.05 Å². The fraction of sp³-hybridized carbons (Fsp3) is 0.611. The zero-order valence-electron chi connectivity index (χ0n) is 15.1. The standard InChI is InChI=1S/C18H31N3O.HI/c1-6-15-8-10-16(11-9-15)18(3,4)14-21-17(19-5)20-12-13-22-7-2;/h8-11H,6-7,12-14H2,1-5H3,(H2,19,20,21);1H. The highest BCUT2D eigenvalue weighted by Crippen LogP contribution is 2.22. The summed E-state index contributed by atoms with van der Waals surface area (Å²) in [6.45, 7) is 11.7. The second kappa shape index (κ2) is 11.7. The summed E-state index contributed by atoms with van der Waals surface area (Å²) in [5.74, 6) is 0.818. The first-order valence-electron chi connectivity index (χ1n) is 8.15. The Morgan fingerprint density at radius 1 is 1.13 bits per heavy atom. The normalized spacial score (nSPS) is 11.8. The minimum Gasteiger partial charge on any atom is -0.380 e. The lowest BCUT2D eigenvalue weighted by atomic mass is 9.84. The van der Waals surface area contributed by atoms with Gasteiger partial charge in [-0.15, -0.1) is 24.0 Å². The molecule has 0 saturated heterocycles. The van der Waals surface area contributed by atoms with E-state index in [9.17, 15) is 0 Å². The molecular weight excluding hydrogens is 401 g/mol. The van der Waals surface area contributed by atoms with Crippen molar-refractivity contribution in [3.63, 3.8) is 0 Å². The first kappa shape index (κ1) is 22.2. The molecule has 0 fully saturated rings. The molecule has 0 saturated carbocycles. The second-order valence-electron chi connectivity index (χ2n) is 5.98. The van der Waals surface area contributed by atoms with E-state index in [2.05, 4.69) is 60.7 Å². The molecule has 5 heteroatoms. The molecule has 0 aliphatic carbocycles. The molecule has 132 valence electrons. The van der Waals surface area contributed by atoms with Crippen LogP contribution in [0, 0.1) is 0 Å². The molecule has 0 heterocycles. The van der Waals surface area contributed by atoms with Gasteiger partial charge in [0, 0.05) is 32.2 Å². The highest BCUT2D eigenvalue weighted by atomic mass is 127. The number of benzene rings is 1. The van der Waals surface area contributed by atoms with Crippen LogP contribution in [0.2, 0.25) is 0 Å². The largest absolute Gasteiger partial charge is 0.380 e. The van der Waals surface area contributed by atoms with Crippen LogP contribution in [0.5, 0.6) is 0 Å². The number of ether oxygens (including phenoxy) is 1. The Morgan fingerprint density at radius 3 is 2.30 bits per heavy atom. The predicted octanol–water partition coefficient (Wildman–Crippen LogP) is 3.35. The Hall–Kier alpha value is -0.820. The van der Waals surface area contributed by atoms with Gasteiger partial charge in [-0.25, -0.2) is 0 Å². The van der Waals surface area contributed by atoms with E-state index in [4.69, 9.17) is 4.74 Å². The summed E-state index contributed by atoms with van der Waals surface area (Å²) in [4.78, 5) is 4.25. The molecule has 0 aliphatic heterocycles. The minimum absolute atomic E-state index is 0. The van der Waals surface area contributed by atoms with E-state index in [0.717, 1.165) is 32.1 Å². The summed E-state index contributed by atoms with van der Waals surface area (Å²) in [6.07, 6.45) is 1.08. The van der Waals surface area contributed by atoms with Gasteiger partial charge in [-0.05, 0) is 24.5 Å². The van der Waals surface area contributed by atoms with Gasteiger partial charge in [-0.2, -0.15) is 0 Å². The molecule has 0 bridgehead atoms. The highest BCUT2D eigenvalue weighted by molar-refractivity contribution is 14.0. The van der Waals surface area contributed by atoms with Crippen molar-refractivity contribution < 1.29 is 4.74 Å². The molecule has 23 heavy (non-hydrogen) atoms. The molecule has 0 amide bonds. The smallest absolute Gasteiger partial charge is 0.191 e. The van der Waals surface area contributed by atoms with Gasteiger partial charge in [-0.3, -0.25) is 4.99 Å². The summed E-state index contributed by atoms with van der Waals surface area (Å²) in [5.41, 5.74) is 2.76. The number of nitrogens with one attached hydrogen (secondary N) is 2. The Bertz CT molecular complexity index is 458. The second-order valence-corrected chi connectivity index (χ2v) is 5.98. The average Bonchev–Trinajstić information content (AvgIpc) is 2.54. The van der Waals surface area contributed by atoms with Gasteiger partial charge in [0.2, 0.25) is 0 Å². The maximum absolute atomic E-state index is 5.32. The van der Waals surface area contributed by atoms with Crippen molar-refractivity contribution in [1.82, 2.24) is 10.6 Å². The summed E-state index contributed by atoms with van der Waals surface area (Å²) >= 11 is 0. The number of aliphatic imine (C=N–C) groups is 1. The van der Waals surface area contributed by atoms with Crippen LogP contribution in [-0.4, -0.2) is 39.3 Å². The van der Waals surface area contributed by atoms with Crippen LogP contribution in [0.25, 0.3) is 0 Å². The van der Waals surface area contributed by atoms with E-state index in [-0.39, 0.29) is 29.4 Å². The van der Waals surface area contributed by atoms with Crippen molar-refractivity contribution in [1.29, 1.82) is 0 Å². The molecule has 0 aliphatic rings. The fourth-order valence-electron chi connectivity index (χ4n) is 2.20. The van der Waals surface area contributed by atoms with Crippen LogP contribution in [0.4, 0.5) is 0 Å². The van der Waals surface area contributed by atoms with E-state index in [1.165, 1.54) is 11.1 Å². The maximum Gasteiger partial charge on any atom is 0.191 e. The first-order chi connectivity index (χ1) is 10.5. The van der Waals surface area contributed by atoms with Gasteiger partial charge >= 0.3 is 0 Å². The molecule has 0 radical (unpaired) electrons. The Morgan fingerprint density at radius 2 is 1.78 bits per heavy atom. The molecule has 1 rings (SSSR count). The quantitative estimate of drug-likeness (QED) is 0.286. The molecule has 4 nitrogen and oxygen atoms in total. The molecular formula is C18H32IN3O. The fourth-order valence-corrected chi connectivity index (χ4v) is 2.20. The van der Waals surface area contributed by atoms with Gasteiger partial charge in [0.15, 0.2) is 5.96 Å². The predicted molar refractivity (Wildman–Crippen MR) is 110 cm³/mol. The number of hydrogen-bond acceptors (Lipinski definition) is 2. The van der Waals surface area contributed by atoms with Crippen molar-refractivity contribution in [2.75, 3.05) is 33.4 Å². The molecule has 0 atom stereocenters. The first-order valence-corrected chi connectivity index (χ1v) is 8.15. The summed E-state index contributed by atoms with van der Waals surface area (Å²) in [7, 11) is 1.79. The third-order valence-corrected chi connectivity index (χ3v) is 3.81. The maximum atomic E-state index is 5.32. The summed E-state index contributed by atoms with van der Waals surface area (Å²) in [6, 6.07) is 8.88. The van der Waals surface area contributed by atoms with Crippen molar-refractivity contribution >= 4 is 29.9 Å². The summed E-state index contributed by atoms with van der Waals surface area (Å²) in [5, 5.41) is 6.66. The van der Waals surface area contributed by atoms with Crippen LogP contribution in [0.15, 0.2) is 29.3 Å². The number of aryl methyl sites for hydroxylation is 1.